The van der Waals surface area contributed by atoms with Gasteiger partial charge in [0.2, 0.25) is 0 Å². The molecule has 0 saturated heterocycles. The van der Waals surface area contributed by atoms with Crippen LogP contribution < -0.4 is 30.7 Å². The average molecular weight is 470 g/mol. The topological polar surface area (TPSA) is 161 Å². The summed E-state index contributed by atoms with van der Waals surface area (Å²) in [6.45, 7) is 0.972. The molecule has 3 rings (SSSR count). The standard InChI is InChI=1S/C21H21N3O4S.C2H4O2/c1-27-17-9-15(13-7-8-29-11-13)16(10-18(17)28-2)19(21(25)26)24-14-5-3-12(4-6-14)20(22)23;1-2(3)4/h3-11,19,24H,1-2H3,(H3,22,23)(H,25,26);1H3,(H,3,4)/p-2. The summed E-state index contributed by atoms with van der Waals surface area (Å²) >= 11 is 1.51. The van der Waals surface area contributed by atoms with E-state index in [4.69, 9.17) is 30.5 Å². The van der Waals surface area contributed by atoms with E-state index in [9.17, 15) is 9.90 Å². The Morgan fingerprint density at radius 2 is 1.64 bits per heavy atom. The molecule has 9 nitrogen and oxygen atoms in total. The van der Waals surface area contributed by atoms with Gasteiger partial charge in [0.05, 0.1) is 26.2 Å². The van der Waals surface area contributed by atoms with Gasteiger partial charge in [-0.25, -0.2) is 0 Å². The molecule has 0 fully saturated rings. The molecule has 1 heterocycles. The molecular formula is C23H23N3O6S-2. The highest BCUT2D eigenvalue weighted by molar-refractivity contribution is 7.08. The third-order valence-corrected chi connectivity index (χ3v) is 5.12. The second-order valence-electron chi connectivity index (χ2n) is 6.69. The summed E-state index contributed by atoms with van der Waals surface area (Å²) in [5.74, 6) is -1.52. The van der Waals surface area contributed by atoms with Gasteiger partial charge < -0.3 is 40.3 Å². The van der Waals surface area contributed by atoms with Gasteiger partial charge in [0.15, 0.2) is 11.5 Å². The molecule has 0 spiro atoms. The van der Waals surface area contributed by atoms with Crippen molar-refractivity contribution < 1.29 is 29.3 Å². The fourth-order valence-electron chi connectivity index (χ4n) is 2.98. The lowest BCUT2D eigenvalue weighted by Crippen LogP contribution is -2.34. The van der Waals surface area contributed by atoms with Crippen molar-refractivity contribution in [2.45, 2.75) is 13.0 Å². The van der Waals surface area contributed by atoms with Crippen LogP contribution in [-0.4, -0.2) is 32.0 Å². The van der Waals surface area contributed by atoms with Gasteiger partial charge in [-0.05, 0) is 76.8 Å². The average Bonchev–Trinajstić information content (AvgIpc) is 3.31. The summed E-state index contributed by atoms with van der Waals surface area (Å²) in [5, 5.41) is 35.2. The summed E-state index contributed by atoms with van der Waals surface area (Å²) in [5.41, 5.74) is 8.62. The molecule has 3 aromatic rings. The second kappa shape index (κ2) is 11.5. The monoisotopic (exact) mass is 469 g/mol. The van der Waals surface area contributed by atoms with E-state index in [0.29, 0.717) is 33.9 Å². The Balaban J connectivity index is 0.000000890. The Labute approximate surface area is 194 Å². The molecule has 1 atom stereocenters. The van der Waals surface area contributed by atoms with Crippen molar-refractivity contribution in [3.63, 3.8) is 0 Å². The van der Waals surface area contributed by atoms with Gasteiger partial charge in [0.1, 0.15) is 5.84 Å². The van der Waals surface area contributed by atoms with E-state index in [1.165, 1.54) is 25.6 Å². The summed E-state index contributed by atoms with van der Waals surface area (Å²) in [6, 6.07) is 10.8. The van der Waals surface area contributed by atoms with Gasteiger partial charge in [0, 0.05) is 17.2 Å². The van der Waals surface area contributed by atoms with Gasteiger partial charge in [-0.2, -0.15) is 11.3 Å². The largest absolute Gasteiger partial charge is 0.550 e. The number of nitrogens with one attached hydrogen (secondary N) is 2. The number of carbonyl (C=O) groups is 2. The predicted octanol–water partition coefficient (Wildman–Crippen LogP) is 1.38. The zero-order valence-electron chi connectivity index (χ0n) is 18.2. The Bertz CT molecular complexity index is 1110. The first-order valence-corrected chi connectivity index (χ1v) is 10.5. The van der Waals surface area contributed by atoms with E-state index < -0.39 is 18.0 Å². The van der Waals surface area contributed by atoms with Crippen LogP contribution in [0.25, 0.3) is 11.1 Å². The number of hydrogen-bond donors (Lipinski definition) is 3. The number of ether oxygens (including phenoxy) is 2. The zero-order chi connectivity index (χ0) is 24.5. The summed E-state index contributed by atoms with van der Waals surface area (Å²) in [7, 11) is 3.02. The fraction of sp³-hybridized carbons (Fsp3) is 0.174. The number of thiophene rings is 1. The molecule has 2 aromatic carbocycles. The van der Waals surface area contributed by atoms with Crippen molar-refractivity contribution in [2.24, 2.45) is 5.73 Å². The quantitative estimate of drug-likeness (QED) is 0.329. The van der Waals surface area contributed by atoms with E-state index in [-0.39, 0.29) is 5.84 Å². The molecule has 4 N–H and O–H groups in total. The summed E-state index contributed by atoms with van der Waals surface area (Å²) in [6.07, 6.45) is 0. The Morgan fingerprint density at radius 3 is 2.09 bits per heavy atom. The number of benzene rings is 2. The molecule has 1 unspecified atom stereocenters. The minimum absolute atomic E-state index is 0.0624. The van der Waals surface area contributed by atoms with Gasteiger partial charge in [-0.3, -0.25) is 5.41 Å². The fourth-order valence-corrected chi connectivity index (χ4v) is 3.63. The number of carboxylic acids is 2. The van der Waals surface area contributed by atoms with Gasteiger partial charge in [0.25, 0.3) is 0 Å². The van der Waals surface area contributed by atoms with Crippen molar-refractivity contribution >= 4 is 34.8 Å². The van der Waals surface area contributed by atoms with Crippen molar-refractivity contribution in [2.75, 3.05) is 19.5 Å². The van der Waals surface area contributed by atoms with Gasteiger partial charge in [-0.15, -0.1) is 0 Å². The lowest BCUT2D eigenvalue weighted by Gasteiger charge is -2.25. The number of hydrogen-bond acceptors (Lipinski definition) is 9. The Kier molecular flexibility index (Phi) is 8.81. The van der Waals surface area contributed by atoms with Crippen molar-refractivity contribution in [1.29, 1.82) is 5.41 Å². The van der Waals surface area contributed by atoms with Gasteiger partial charge in [-0.1, -0.05) is 0 Å². The van der Waals surface area contributed by atoms with Crippen LogP contribution in [0.3, 0.4) is 0 Å². The molecule has 174 valence electrons. The van der Waals surface area contributed by atoms with Crippen LogP contribution in [0, 0.1) is 5.41 Å². The first-order chi connectivity index (χ1) is 15.7. The van der Waals surface area contributed by atoms with E-state index >= 15 is 0 Å². The molecule has 1 aromatic heterocycles. The van der Waals surface area contributed by atoms with Crippen LogP contribution in [-0.2, 0) is 9.59 Å². The van der Waals surface area contributed by atoms with Crippen LogP contribution in [0.2, 0.25) is 0 Å². The zero-order valence-corrected chi connectivity index (χ0v) is 19.0. The normalized spacial score (nSPS) is 10.9. The molecular weight excluding hydrogens is 446 g/mol. The number of carboxylic acid groups (broad SMARTS) is 2. The third kappa shape index (κ3) is 6.71. The first-order valence-electron chi connectivity index (χ1n) is 9.55. The van der Waals surface area contributed by atoms with Crippen molar-refractivity contribution in [3.05, 3.63) is 64.4 Å². The van der Waals surface area contributed by atoms with Crippen LogP contribution >= 0.6 is 11.3 Å². The van der Waals surface area contributed by atoms with Crippen LogP contribution in [0.15, 0.2) is 53.2 Å². The molecule has 0 radical (unpaired) electrons. The summed E-state index contributed by atoms with van der Waals surface area (Å²) in [4.78, 5) is 20.9. The number of carbonyl (C=O) groups excluding carboxylic acids is 2. The molecule has 0 aliphatic rings. The number of methoxy groups -OCH3 is 2. The summed E-state index contributed by atoms with van der Waals surface area (Å²) < 4.78 is 10.8. The second-order valence-corrected chi connectivity index (χ2v) is 7.47. The molecule has 0 saturated carbocycles. The number of rotatable bonds is 8. The maximum absolute atomic E-state index is 12.1. The predicted molar refractivity (Wildman–Crippen MR) is 122 cm³/mol. The molecule has 0 bridgehead atoms. The minimum Gasteiger partial charge on any atom is -0.550 e. The third-order valence-electron chi connectivity index (χ3n) is 4.44. The number of nitrogens with two attached hydrogens (primary N) is 1. The van der Waals surface area contributed by atoms with Crippen molar-refractivity contribution in [1.82, 2.24) is 0 Å². The molecule has 0 amide bonds. The molecule has 33 heavy (non-hydrogen) atoms. The molecule has 0 aliphatic carbocycles. The highest BCUT2D eigenvalue weighted by Crippen LogP contribution is 2.39. The number of nitrogen functional groups attached to an aromatic ring is 1. The van der Waals surface area contributed by atoms with Crippen molar-refractivity contribution in [3.8, 4) is 22.6 Å². The highest BCUT2D eigenvalue weighted by Gasteiger charge is 2.21. The lowest BCUT2D eigenvalue weighted by molar-refractivity contribution is -0.307. The Hall–Kier alpha value is -4.05. The molecule has 0 aliphatic heterocycles. The number of anilines is 1. The number of amidine groups is 1. The smallest absolute Gasteiger partial charge is 0.161 e. The lowest BCUT2D eigenvalue weighted by atomic mass is 9.95. The van der Waals surface area contributed by atoms with E-state index in [2.05, 4.69) is 5.32 Å². The minimum atomic E-state index is -1.29. The maximum atomic E-state index is 12.1. The first kappa shape index (κ1) is 25.2. The Morgan fingerprint density at radius 1 is 1.06 bits per heavy atom. The van der Waals surface area contributed by atoms with E-state index in [0.717, 1.165) is 12.5 Å². The number of aliphatic carboxylic acids is 2. The van der Waals surface area contributed by atoms with E-state index in [1.807, 2.05) is 16.8 Å². The highest BCUT2D eigenvalue weighted by atomic mass is 32.1. The van der Waals surface area contributed by atoms with Gasteiger partial charge >= 0.3 is 0 Å². The van der Waals surface area contributed by atoms with E-state index in [1.54, 1.807) is 36.4 Å². The van der Waals surface area contributed by atoms with Crippen LogP contribution in [0.1, 0.15) is 24.1 Å². The maximum Gasteiger partial charge on any atom is 0.161 e. The SMILES string of the molecule is CC(=O)[O-].COc1cc(-c2ccsc2)c(C(Nc2ccc(C(=N)N)cc2)C(=O)[O-])cc1OC. The van der Waals surface area contributed by atoms with Crippen LogP contribution in [0.5, 0.6) is 11.5 Å². The molecule has 10 heteroatoms. The van der Waals surface area contributed by atoms with Crippen LogP contribution in [0.4, 0.5) is 5.69 Å².